The number of hydrogen-bond donors (Lipinski definition) is 1. The lowest BCUT2D eigenvalue weighted by Gasteiger charge is -2.10. The highest BCUT2D eigenvalue weighted by molar-refractivity contribution is 5.82. The second-order valence-corrected chi connectivity index (χ2v) is 5.83. The SMILES string of the molecule is O=C(NCC[C@@H]1CCCO1)[C@@H]1C[C@@H]1c1ccc(F)cc1F. The molecule has 1 N–H and O–H groups in total. The van der Waals surface area contributed by atoms with Crippen LogP contribution < -0.4 is 5.32 Å². The van der Waals surface area contributed by atoms with Crippen LogP contribution in [0.1, 0.15) is 37.2 Å². The van der Waals surface area contributed by atoms with Crippen molar-refractivity contribution in [2.75, 3.05) is 13.2 Å². The molecule has 1 saturated carbocycles. The van der Waals surface area contributed by atoms with Gasteiger partial charge in [0.25, 0.3) is 0 Å². The summed E-state index contributed by atoms with van der Waals surface area (Å²) in [5, 5.41) is 2.89. The molecule has 114 valence electrons. The standard InChI is InChI=1S/C16H19F2NO2/c17-10-3-4-12(15(18)8-10)13-9-14(13)16(20)19-6-5-11-2-1-7-21-11/h3-4,8,11,13-14H,1-2,5-7,9H2,(H,19,20)/t11-,13+,14+/m0/s1. The van der Waals surface area contributed by atoms with Gasteiger partial charge in [0.2, 0.25) is 5.91 Å². The topological polar surface area (TPSA) is 38.3 Å². The molecule has 0 aromatic heterocycles. The third kappa shape index (κ3) is 3.40. The minimum Gasteiger partial charge on any atom is -0.378 e. The van der Waals surface area contributed by atoms with Crippen LogP contribution >= 0.6 is 0 Å². The molecule has 2 aliphatic rings. The van der Waals surface area contributed by atoms with Crippen molar-refractivity contribution >= 4 is 5.91 Å². The molecule has 1 heterocycles. The van der Waals surface area contributed by atoms with Crippen molar-refractivity contribution in [2.24, 2.45) is 5.92 Å². The van der Waals surface area contributed by atoms with E-state index in [9.17, 15) is 13.6 Å². The lowest BCUT2D eigenvalue weighted by molar-refractivity contribution is -0.122. The van der Waals surface area contributed by atoms with Crippen LogP contribution in [0.25, 0.3) is 0 Å². The minimum atomic E-state index is -0.588. The molecule has 21 heavy (non-hydrogen) atoms. The largest absolute Gasteiger partial charge is 0.378 e. The third-order valence-electron chi connectivity index (χ3n) is 4.28. The number of ether oxygens (including phenoxy) is 1. The van der Waals surface area contributed by atoms with Crippen molar-refractivity contribution < 1.29 is 18.3 Å². The van der Waals surface area contributed by atoms with Gasteiger partial charge >= 0.3 is 0 Å². The summed E-state index contributed by atoms with van der Waals surface area (Å²) in [5.74, 6) is -1.49. The van der Waals surface area contributed by atoms with E-state index in [1.807, 2.05) is 0 Å². The number of carbonyl (C=O) groups excluding carboxylic acids is 1. The van der Waals surface area contributed by atoms with Crippen LogP contribution in [0.2, 0.25) is 0 Å². The molecule has 1 aromatic carbocycles. The van der Waals surface area contributed by atoms with Crippen LogP contribution in [-0.2, 0) is 9.53 Å². The molecule has 0 radical (unpaired) electrons. The molecule has 1 saturated heterocycles. The Kier molecular flexibility index (Phi) is 4.19. The fraction of sp³-hybridized carbons (Fsp3) is 0.562. The monoisotopic (exact) mass is 295 g/mol. The first-order chi connectivity index (χ1) is 10.1. The maximum absolute atomic E-state index is 13.6. The number of nitrogens with one attached hydrogen (secondary N) is 1. The smallest absolute Gasteiger partial charge is 0.223 e. The van der Waals surface area contributed by atoms with E-state index in [2.05, 4.69) is 5.32 Å². The summed E-state index contributed by atoms with van der Waals surface area (Å²) in [6, 6.07) is 3.55. The molecule has 0 unspecified atom stereocenters. The first kappa shape index (κ1) is 14.4. The number of carbonyl (C=O) groups is 1. The van der Waals surface area contributed by atoms with E-state index in [1.165, 1.54) is 12.1 Å². The highest BCUT2D eigenvalue weighted by Gasteiger charge is 2.45. The van der Waals surface area contributed by atoms with Gasteiger partial charge in [-0.1, -0.05) is 6.07 Å². The number of benzene rings is 1. The second kappa shape index (κ2) is 6.10. The molecule has 1 aliphatic heterocycles. The summed E-state index contributed by atoms with van der Waals surface area (Å²) in [6.07, 6.45) is 3.87. The zero-order valence-electron chi connectivity index (χ0n) is 11.8. The lowest BCUT2D eigenvalue weighted by atomic mass is 10.1. The molecule has 3 nitrogen and oxygen atoms in total. The van der Waals surface area contributed by atoms with Crippen LogP contribution in [0.3, 0.4) is 0 Å². The molecule has 1 aliphatic carbocycles. The number of hydrogen-bond acceptors (Lipinski definition) is 2. The van der Waals surface area contributed by atoms with Gasteiger partial charge in [0.15, 0.2) is 0 Å². The predicted octanol–water partition coefficient (Wildman–Crippen LogP) is 2.75. The lowest BCUT2D eigenvalue weighted by Crippen LogP contribution is -2.28. The Hall–Kier alpha value is -1.49. The summed E-state index contributed by atoms with van der Waals surface area (Å²) < 4.78 is 32.0. The maximum Gasteiger partial charge on any atom is 0.223 e. The Morgan fingerprint density at radius 3 is 2.95 bits per heavy atom. The van der Waals surface area contributed by atoms with Gasteiger partial charge in [-0.05, 0) is 43.2 Å². The molecule has 1 aromatic rings. The Labute approximate surface area is 122 Å². The molecule has 3 rings (SSSR count). The van der Waals surface area contributed by atoms with Crippen LogP contribution in [-0.4, -0.2) is 25.2 Å². The molecule has 1 amide bonds. The van der Waals surface area contributed by atoms with Crippen molar-refractivity contribution in [1.82, 2.24) is 5.32 Å². The van der Waals surface area contributed by atoms with Crippen LogP contribution in [0.15, 0.2) is 18.2 Å². The fourth-order valence-electron chi connectivity index (χ4n) is 2.99. The van der Waals surface area contributed by atoms with E-state index in [0.29, 0.717) is 18.5 Å². The summed E-state index contributed by atoms with van der Waals surface area (Å²) in [7, 11) is 0. The Morgan fingerprint density at radius 2 is 2.24 bits per heavy atom. The van der Waals surface area contributed by atoms with Gasteiger partial charge in [-0.2, -0.15) is 0 Å². The van der Waals surface area contributed by atoms with Gasteiger partial charge in [-0.25, -0.2) is 8.78 Å². The Bertz CT molecular complexity index is 529. The third-order valence-corrected chi connectivity index (χ3v) is 4.28. The quantitative estimate of drug-likeness (QED) is 0.907. The first-order valence-electron chi connectivity index (χ1n) is 7.49. The second-order valence-electron chi connectivity index (χ2n) is 5.83. The summed E-state index contributed by atoms with van der Waals surface area (Å²) >= 11 is 0. The van der Waals surface area contributed by atoms with Crippen LogP contribution in [0, 0.1) is 17.6 Å². The highest BCUT2D eigenvalue weighted by atomic mass is 19.1. The predicted molar refractivity (Wildman–Crippen MR) is 73.8 cm³/mol. The van der Waals surface area contributed by atoms with E-state index in [4.69, 9.17) is 4.74 Å². The van der Waals surface area contributed by atoms with E-state index >= 15 is 0 Å². The van der Waals surface area contributed by atoms with Crippen LogP contribution in [0.4, 0.5) is 8.78 Å². The number of amides is 1. The van der Waals surface area contributed by atoms with Gasteiger partial charge in [-0.15, -0.1) is 0 Å². The first-order valence-corrected chi connectivity index (χ1v) is 7.49. The molecule has 5 heteroatoms. The molecule has 0 bridgehead atoms. The van der Waals surface area contributed by atoms with Gasteiger partial charge in [0, 0.05) is 25.1 Å². The van der Waals surface area contributed by atoms with Gasteiger partial charge < -0.3 is 10.1 Å². The number of halogens is 2. The van der Waals surface area contributed by atoms with Crippen molar-refractivity contribution in [3.05, 3.63) is 35.4 Å². The molecule has 0 spiro atoms. The zero-order chi connectivity index (χ0) is 14.8. The van der Waals surface area contributed by atoms with E-state index in [0.717, 1.165) is 31.9 Å². The molecular formula is C16H19F2NO2. The van der Waals surface area contributed by atoms with Crippen molar-refractivity contribution in [2.45, 2.75) is 37.7 Å². The molecule has 2 fully saturated rings. The molecule has 3 atom stereocenters. The average molecular weight is 295 g/mol. The zero-order valence-corrected chi connectivity index (χ0v) is 11.8. The van der Waals surface area contributed by atoms with Crippen molar-refractivity contribution in [3.63, 3.8) is 0 Å². The Morgan fingerprint density at radius 1 is 1.38 bits per heavy atom. The summed E-state index contributed by atoms with van der Waals surface area (Å²) in [4.78, 5) is 12.0. The summed E-state index contributed by atoms with van der Waals surface area (Å²) in [6.45, 7) is 1.41. The van der Waals surface area contributed by atoms with E-state index in [1.54, 1.807) is 0 Å². The fourth-order valence-corrected chi connectivity index (χ4v) is 2.99. The Balaban J connectivity index is 1.46. The van der Waals surface area contributed by atoms with Gasteiger partial charge in [0.1, 0.15) is 11.6 Å². The van der Waals surface area contributed by atoms with Gasteiger partial charge in [-0.3, -0.25) is 4.79 Å². The molecular weight excluding hydrogens is 276 g/mol. The maximum atomic E-state index is 13.6. The van der Waals surface area contributed by atoms with Gasteiger partial charge in [0.05, 0.1) is 6.10 Å². The highest BCUT2D eigenvalue weighted by Crippen LogP contribution is 2.48. The average Bonchev–Trinajstić information content (AvgIpc) is 3.06. The van der Waals surface area contributed by atoms with E-state index < -0.39 is 11.6 Å². The number of rotatable bonds is 5. The van der Waals surface area contributed by atoms with Crippen molar-refractivity contribution in [1.29, 1.82) is 0 Å². The van der Waals surface area contributed by atoms with Crippen molar-refractivity contribution in [3.8, 4) is 0 Å². The minimum absolute atomic E-state index is 0.0401. The normalized spacial score (nSPS) is 27.6. The van der Waals surface area contributed by atoms with E-state index in [-0.39, 0.29) is 23.8 Å². The summed E-state index contributed by atoms with van der Waals surface area (Å²) in [5.41, 5.74) is 0.440. The van der Waals surface area contributed by atoms with Crippen LogP contribution in [0.5, 0.6) is 0 Å².